The van der Waals surface area contributed by atoms with E-state index in [-0.39, 0.29) is 0 Å². The van der Waals surface area contributed by atoms with Crippen molar-refractivity contribution >= 4 is 0 Å². The Balaban J connectivity index is 2.03. The van der Waals surface area contributed by atoms with Crippen LogP contribution in [0, 0.1) is 26.7 Å². The van der Waals surface area contributed by atoms with Crippen molar-refractivity contribution in [3.63, 3.8) is 0 Å². The molecular formula is C18H30N2. The molecule has 0 amide bonds. The second-order valence-corrected chi connectivity index (χ2v) is 6.89. The van der Waals surface area contributed by atoms with Gasteiger partial charge in [0.2, 0.25) is 0 Å². The number of aryl methyl sites for hydroxylation is 3. The lowest BCUT2D eigenvalue weighted by Crippen LogP contribution is -2.50. The van der Waals surface area contributed by atoms with Gasteiger partial charge in [0.1, 0.15) is 0 Å². The van der Waals surface area contributed by atoms with Crippen LogP contribution in [-0.4, -0.2) is 30.6 Å². The van der Waals surface area contributed by atoms with Crippen molar-refractivity contribution in [2.75, 3.05) is 19.6 Å². The first-order chi connectivity index (χ1) is 9.45. The van der Waals surface area contributed by atoms with Gasteiger partial charge in [-0.2, -0.15) is 0 Å². The van der Waals surface area contributed by atoms with Gasteiger partial charge in [-0.15, -0.1) is 0 Å². The highest BCUT2D eigenvalue weighted by atomic mass is 15.2. The Bertz CT molecular complexity index is 428. The quantitative estimate of drug-likeness (QED) is 0.905. The molecule has 0 spiro atoms. The summed E-state index contributed by atoms with van der Waals surface area (Å²) in [6.07, 6.45) is 1.28. The van der Waals surface area contributed by atoms with Gasteiger partial charge < -0.3 is 5.32 Å². The zero-order valence-electron chi connectivity index (χ0n) is 13.8. The molecule has 0 radical (unpaired) electrons. The second-order valence-electron chi connectivity index (χ2n) is 6.89. The first kappa shape index (κ1) is 15.5. The molecule has 0 aliphatic carbocycles. The van der Waals surface area contributed by atoms with Crippen molar-refractivity contribution < 1.29 is 0 Å². The summed E-state index contributed by atoms with van der Waals surface area (Å²) in [5.74, 6) is 0.773. The van der Waals surface area contributed by atoms with Crippen molar-refractivity contribution in [2.45, 2.75) is 53.6 Å². The summed E-state index contributed by atoms with van der Waals surface area (Å²) in [4.78, 5) is 2.62. The van der Waals surface area contributed by atoms with E-state index in [0.717, 1.165) is 19.0 Å². The van der Waals surface area contributed by atoms with Gasteiger partial charge in [-0.3, -0.25) is 4.90 Å². The van der Waals surface area contributed by atoms with Crippen LogP contribution in [-0.2, 0) is 6.54 Å². The maximum atomic E-state index is 3.66. The molecule has 20 heavy (non-hydrogen) atoms. The summed E-state index contributed by atoms with van der Waals surface area (Å²) in [7, 11) is 0. The zero-order valence-corrected chi connectivity index (χ0v) is 13.8. The minimum absolute atomic E-state index is 0.662. The number of nitrogens with zero attached hydrogens (tertiary/aromatic N) is 1. The molecule has 2 rings (SSSR count). The molecule has 1 atom stereocenters. The maximum Gasteiger partial charge on any atom is 0.0240 e. The highest BCUT2D eigenvalue weighted by molar-refractivity contribution is 5.37. The van der Waals surface area contributed by atoms with Gasteiger partial charge in [0, 0.05) is 32.2 Å². The van der Waals surface area contributed by atoms with E-state index in [1.54, 1.807) is 0 Å². The topological polar surface area (TPSA) is 15.3 Å². The monoisotopic (exact) mass is 274 g/mol. The minimum Gasteiger partial charge on any atom is -0.311 e. The van der Waals surface area contributed by atoms with Crippen LogP contribution in [0.1, 0.15) is 42.5 Å². The number of piperazine rings is 1. The summed E-state index contributed by atoms with van der Waals surface area (Å²) in [6.45, 7) is 15.9. The molecule has 1 heterocycles. The van der Waals surface area contributed by atoms with Crippen molar-refractivity contribution in [1.82, 2.24) is 10.2 Å². The van der Waals surface area contributed by atoms with E-state index in [2.05, 4.69) is 57.0 Å². The third kappa shape index (κ3) is 4.07. The molecule has 2 heteroatoms. The highest BCUT2D eigenvalue weighted by Gasteiger charge is 2.20. The lowest BCUT2D eigenvalue weighted by Gasteiger charge is -2.35. The fraction of sp³-hybridized carbons (Fsp3) is 0.667. The second kappa shape index (κ2) is 6.73. The average molecular weight is 274 g/mol. The van der Waals surface area contributed by atoms with Crippen molar-refractivity contribution in [1.29, 1.82) is 0 Å². The summed E-state index contributed by atoms with van der Waals surface area (Å²) in [6, 6.07) is 5.29. The molecule has 0 bridgehead atoms. The molecular weight excluding hydrogens is 244 g/mol. The van der Waals surface area contributed by atoms with Crippen LogP contribution in [0.15, 0.2) is 12.1 Å². The summed E-state index contributed by atoms with van der Waals surface area (Å²) < 4.78 is 0. The van der Waals surface area contributed by atoms with Crippen molar-refractivity contribution in [2.24, 2.45) is 5.92 Å². The van der Waals surface area contributed by atoms with Gasteiger partial charge in [-0.1, -0.05) is 31.5 Å². The van der Waals surface area contributed by atoms with Gasteiger partial charge >= 0.3 is 0 Å². The van der Waals surface area contributed by atoms with Gasteiger partial charge in [0.25, 0.3) is 0 Å². The summed E-state index contributed by atoms with van der Waals surface area (Å²) >= 11 is 0. The van der Waals surface area contributed by atoms with E-state index in [1.807, 2.05) is 0 Å². The number of nitrogens with one attached hydrogen (secondary N) is 1. The predicted octanol–water partition coefficient (Wildman–Crippen LogP) is 3.43. The number of hydrogen-bond donors (Lipinski definition) is 1. The Morgan fingerprint density at radius 2 is 1.85 bits per heavy atom. The maximum absolute atomic E-state index is 3.66. The van der Waals surface area contributed by atoms with Crippen LogP contribution in [0.25, 0.3) is 0 Å². The molecule has 0 aromatic heterocycles. The van der Waals surface area contributed by atoms with E-state index < -0.39 is 0 Å². The van der Waals surface area contributed by atoms with Crippen LogP contribution in [0.5, 0.6) is 0 Å². The van der Waals surface area contributed by atoms with Crippen LogP contribution >= 0.6 is 0 Å². The lowest BCUT2D eigenvalue weighted by molar-refractivity contribution is 0.179. The average Bonchev–Trinajstić information content (AvgIpc) is 2.33. The Hall–Kier alpha value is -0.860. The van der Waals surface area contributed by atoms with Crippen molar-refractivity contribution in [3.8, 4) is 0 Å². The van der Waals surface area contributed by atoms with Crippen LogP contribution in [0.3, 0.4) is 0 Å². The highest BCUT2D eigenvalue weighted by Crippen LogP contribution is 2.20. The molecule has 1 aromatic carbocycles. The molecule has 1 aromatic rings. The third-order valence-electron chi connectivity index (χ3n) is 4.32. The fourth-order valence-electron chi connectivity index (χ4n) is 3.45. The predicted molar refractivity (Wildman–Crippen MR) is 87.2 cm³/mol. The molecule has 1 aliphatic rings. The summed E-state index contributed by atoms with van der Waals surface area (Å²) in [5.41, 5.74) is 5.80. The van der Waals surface area contributed by atoms with E-state index >= 15 is 0 Å². The third-order valence-corrected chi connectivity index (χ3v) is 4.32. The summed E-state index contributed by atoms with van der Waals surface area (Å²) in [5, 5.41) is 3.66. The number of benzene rings is 1. The number of hydrogen-bond acceptors (Lipinski definition) is 2. The Morgan fingerprint density at radius 3 is 2.45 bits per heavy atom. The molecule has 1 aliphatic heterocycles. The van der Waals surface area contributed by atoms with E-state index in [4.69, 9.17) is 0 Å². The van der Waals surface area contributed by atoms with E-state index in [0.29, 0.717) is 6.04 Å². The van der Waals surface area contributed by atoms with Crippen LogP contribution in [0.2, 0.25) is 0 Å². The van der Waals surface area contributed by atoms with E-state index in [9.17, 15) is 0 Å². The van der Waals surface area contributed by atoms with Gasteiger partial charge in [-0.05, 0) is 49.8 Å². The first-order valence-corrected chi connectivity index (χ1v) is 7.98. The SMILES string of the molecule is Cc1cc(C)c(CN2CCNC(CC(C)C)C2)c(C)c1. The molecule has 1 saturated heterocycles. The normalized spacial score (nSPS) is 20.6. The molecule has 2 nitrogen and oxygen atoms in total. The van der Waals surface area contributed by atoms with Crippen LogP contribution in [0.4, 0.5) is 0 Å². The standard InChI is InChI=1S/C18H30N2/c1-13(2)8-17-11-20(7-6-19-17)12-18-15(4)9-14(3)10-16(18)5/h9-10,13,17,19H,6-8,11-12H2,1-5H3. The Labute approximate surface area is 124 Å². The van der Waals surface area contributed by atoms with Gasteiger partial charge in [0.05, 0.1) is 0 Å². The Kier molecular flexibility index (Phi) is 5.22. The van der Waals surface area contributed by atoms with Crippen molar-refractivity contribution in [3.05, 3.63) is 34.4 Å². The van der Waals surface area contributed by atoms with Crippen LogP contribution < -0.4 is 5.32 Å². The molecule has 1 fully saturated rings. The largest absolute Gasteiger partial charge is 0.311 e. The zero-order chi connectivity index (χ0) is 14.7. The lowest BCUT2D eigenvalue weighted by atomic mass is 9.98. The molecule has 112 valence electrons. The van der Waals surface area contributed by atoms with Gasteiger partial charge in [-0.25, -0.2) is 0 Å². The smallest absolute Gasteiger partial charge is 0.0240 e. The molecule has 0 saturated carbocycles. The fourth-order valence-corrected chi connectivity index (χ4v) is 3.45. The Morgan fingerprint density at radius 1 is 1.20 bits per heavy atom. The van der Waals surface area contributed by atoms with E-state index in [1.165, 1.54) is 41.8 Å². The molecule has 1 N–H and O–H groups in total. The minimum atomic E-state index is 0.662. The molecule has 1 unspecified atom stereocenters. The number of rotatable bonds is 4. The first-order valence-electron chi connectivity index (χ1n) is 7.98. The van der Waals surface area contributed by atoms with Gasteiger partial charge in [0.15, 0.2) is 0 Å².